The quantitative estimate of drug-likeness (QED) is 0.822. The Morgan fingerprint density at radius 3 is 2.69 bits per heavy atom. The number of para-hydroxylation sites is 2. The first-order valence-electron chi connectivity index (χ1n) is 8.98. The van der Waals surface area contributed by atoms with Crippen molar-refractivity contribution in [3.63, 3.8) is 0 Å². The number of amides is 1. The second-order valence-corrected chi connectivity index (χ2v) is 6.88. The number of imidazole rings is 1. The lowest BCUT2D eigenvalue weighted by Crippen LogP contribution is -2.57. The van der Waals surface area contributed by atoms with E-state index in [9.17, 15) is 9.59 Å². The standard InChI is InChI=1S/C18H24N4O3.ClH/c1-12-16(19-8-11-25-12)17(23)21-9-6-13(7-10-21)22-15-5-3-2-4-14(15)20-18(22)24;/h2-5,12-13,16,19H,6-11H2,1H3,(H,20,24);1H/t12-,16+;/m1./s1. The Bertz CT molecular complexity index is 825. The van der Waals surface area contributed by atoms with Gasteiger partial charge in [0.15, 0.2) is 0 Å². The topological polar surface area (TPSA) is 79.4 Å². The summed E-state index contributed by atoms with van der Waals surface area (Å²) >= 11 is 0. The summed E-state index contributed by atoms with van der Waals surface area (Å²) in [6, 6.07) is 7.62. The largest absolute Gasteiger partial charge is 0.375 e. The van der Waals surface area contributed by atoms with Crippen LogP contribution >= 0.6 is 12.4 Å². The van der Waals surface area contributed by atoms with Crippen LogP contribution in [-0.4, -0.2) is 58.7 Å². The molecule has 2 aromatic rings. The van der Waals surface area contributed by atoms with Crippen molar-refractivity contribution >= 4 is 29.3 Å². The minimum absolute atomic E-state index is 0. The highest BCUT2D eigenvalue weighted by Gasteiger charge is 2.34. The van der Waals surface area contributed by atoms with Crippen LogP contribution in [0.25, 0.3) is 11.0 Å². The number of rotatable bonds is 2. The molecule has 26 heavy (non-hydrogen) atoms. The third kappa shape index (κ3) is 3.39. The second-order valence-electron chi connectivity index (χ2n) is 6.88. The lowest BCUT2D eigenvalue weighted by atomic mass is 10.0. The van der Waals surface area contributed by atoms with Gasteiger partial charge in [0.2, 0.25) is 5.91 Å². The zero-order valence-corrected chi connectivity index (χ0v) is 15.6. The molecule has 0 aliphatic carbocycles. The number of benzene rings is 1. The molecule has 1 amide bonds. The molecule has 2 saturated heterocycles. The van der Waals surface area contributed by atoms with Gasteiger partial charge in [-0.1, -0.05) is 12.1 Å². The minimum Gasteiger partial charge on any atom is -0.375 e. The Hall–Kier alpha value is -1.83. The summed E-state index contributed by atoms with van der Waals surface area (Å²) < 4.78 is 7.44. The number of carbonyl (C=O) groups is 1. The molecule has 2 aliphatic heterocycles. The Balaban J connectivity index is 0.00000196. The first-order chi connectivity index (χ1) is 12.1. The van der Waals surface area contributed by atoms with Gasteiger partial charge in [-0.25, -0.2) is 4.79 Å². The number of hydrogen-bond donors (Lipinski definition) is 2. The molecule has 2 fully saturated rings. The molecule has 0 saturated carbocycles. The Kier molecular flexibility index (Phi) is 5.70. The maximum Gasteiger partial charge on any atom is 0.326 e. The number of H-pyrrole nitrogens is 1. The normalized spacial score (nSPS) is 24.4. The highest BCUT2D eigenvalue weighted by Crippen LogP contribution is 2.25. The van der Waals surface area contributed by atoms with Crippen LogP contribution in [0.4, 0.5) is 0 Å². The third-order valence-electron chi connectivity index (χ3n) is 5.35. The first-order valence-corrected chi connectivity index (χ1v) is 8.98. The monoisotopic (exact) mass is 380 g/mol. The smallest absolute Gasteiger partial charge is 0.326 e. The van der Waals surface area contributed by atoms with E-state index in [1.165, 1.54) is 0 Å². The zero-order chi connectivity index (χ0) is 17.4. The summed E-state index contributed by atoms with van der Waals surface area (Å²) in [4.78, 5) is 29.9. The van der Waals surface area contributed by atoms with E-state index in [2.05, 4.69) is 10.3 Å². The van der Waals surface area contributed by atoms with Crippen molar-refractivity contribution in [3.05, 3.63) is 34.7 Å². The van der Waals surface area contributed by atoms with Crippen LogP contribution < -0.4 is 11.0 Å². The van der Waals surface area contributed by atoms with Crippen molar-refractivity contribution < 1.29 is 9.53 Å². The summed E-state index contributed by atoms with van der Waals surface area (Å²) in [5, 5.41) is 3.26. The molecule has 1 aromatic carbocycles. The van der Waals surface area contributed by atoms with E-state index >= 15 is 0 Å². The predicted molar refractivity (Wildman–Crippen MR) is 102 cm³/mol. The van der Waals surface area contributed by atoms with Crippen LogP contribution in [0.5, 0.6) is 0 Å². The minimum atomic E-state index is -0.263. The van der Waals surface area contributed by atoms with Crippen molar-refractivity contribution in [1.29, 1.82) is 0 Å². The van der Waals surface area contributed by atoms with Gasteiger partial charge in [-0.05, 0) is 31.9 Å². The van der Waals surface area contributed by atoms with Gasteiger partial charge >= 0.3 is 5.69 Å². The Labute approximate surface area is 158 Å². The average Bonchev–Trinajstić information content (AvgIpc) is 2.97. The predicted octanol–water partition coefficient (Wildman–Crippen LogP) is 1.29. The van der Waals surface area contributed by atoms with Gasteiger partial charge in [0.1, 0.15) is 6.04 Å². The van der Waals surface area contributed by atoms with Crippen molar-refractivity contribution in [2.45, 2.75) is 38.0 Å². The van der Waals surface area contributed by atoms with Gasteiger partial charge in [0.25, 0.3) is 0 Å². The summed E-state index contributed by atoms with van der Waals surface area (Å²) in [5.41, 5.74) is 1.73. The van der Waals surface area contributed by atoms with Crippen LogP contribution in [0, 0.1) is 0 Å². The maximum atomic E-state index is 12.7. The fourth-order valence-corrected chi connectivity index (χ4v) is 3.99. The number of aromatic nitrogens is 2. The second kappa shape index (κ2) is 7.82. The Morgan fingerprint density at radius 2 is 1.96 bits per heavy atom. The number of fused-ring (bicyclic) bond motifs is 1. The molecule has 8 heteroatoms. The summed E-state index contributed by atoms with van der Waals surface area (Å²) in [5.74, 6) is 0.108. The fourth-order valence-electron chi connectivity index (χ4n) is 3.99. The number of nitrogens with one attached hydrogen (secondary N) is 2. The number of carbonyl (C=O) groups excluding carboxylic acids is 1. The number of ether oxygens (including phenoxy) is 1. The molecular weight excluding hydrogens is 356 g/mol. The van der Waals surface area contributed by atoms with Gasteiger partial charge < -0.3 is 19.9 Å². The number of halogens is 1. The zero-order valence-electron chi connectivity index (χ0n) is 14.8. The molecule has 142 valence electrons. The van der Waals surface area contributed by atoms with E-state index in [0.717, 1.165) is 23.9 Å². The van der Waals surface area contributed by atoms with Gasteiger partial charge in [0, 0.05) is 25.7 Å². The van der Waals surface area contributed by atoms with E-state index in [1.54, 1.807) is 0 Å². The molecule has 0 spiro atoms. The van der Waals surface area contributed by atoms with Crippen LogP contribution in [0.1, 0.15) is 25.8 Å². The number of nitrogens with zero attached hydrogens (tertiary/aromatic N) is 2. The fraction of sp³-hybridized carbons (Fsp3) is 0.556. The van der Waals surface area contributed by atoms with E-state index in [4.69, 9.17) is 4.74 Å². The van der Waals surface area contributed by atoms with Crippen molar-refractivity contribution in [2.75, 3.05) is 26.2 Å². The molecule has 0 radical (unpaired) electrons. The number of piperidine rings is 1. The van der Waals surface area contributed by atoms with Gasteiger partial charge in [-0.15, -0.1) is 12.4 Å². The molecule has 2 atom stereocenters. The van der Waals surface area contributed by atoms with E-state index in [-0.39, 0.29) is 42.2 Å². The molecular formula is C18H25ClN4O3. The SMILES string of the molecule is C[C@H]1OCCN[C@@H]1C(=O)N1CCC(n2c(=O)[nH]c3ccccc32)CC1.Cl. The van der Waals surface area contributed by atoms with Gasteiger partial charge in [0.05, 0.1) is 23.7 Å². The van der Waals surface area contributed by atoms with Crippen LogP contribution in [0.2, 0.25) is 0 Å². The van der Waals surface area contributed by atoms with Crippen LogP contribution in [0.15, 0.2) is 29.1 Å². The van der Waals surface area contributed by atoms with E-state index < -0.39 is 0 Å². The summed E-state index contributed by atoms with van der Waals surface area (Å²) in [6.07, 6.45) is 1.47. The highest BCUT2D eigenvalue weighted by molar-refractivity contribution is 5.85. The highest BCUT2D eigenvalue weighted by atomic mass is 35.5. The summed E-state index contributed by atoms with van der Waals surface area (Å²) in [6.45, 7) is 4.63. The number of aromatic amines is 1. The lowest BCUT2D eigenvalue weighted by molar-refractivity contribution is -0.140. The van der Waals surface area contributed by atoms with E-state index in [1.807, 2.05) is 40.7 Å². The molecule has 2 aliphatic rings. The maximum absolute atomic E-state index is 12.7. The average molecular weight is 381 g/mol. The molecule has 7 nitrogen and oxygen atoms in total. The number of morpholine rings is 1. The molecule has 3 heterocycles. The van der Waals surface area contributed by atoms with Crippen molar-refractivity contribution in [2.24, 2.45) is 0 Å². The van der Waals surface area contributed by atoms with Crippen molar-refractivity contribution in [3.8, 4) is 0 Å². The van der Waals surface area contributed by atoms with Crippen molar-refractivity contribution in [1.82, 2.24) is 19.8 Å². The Morgan fingerprint density at radius 1 is 1.23 bits per heavy atom. The molecule has 0 unspecified atom stereocenters. The number of likely N-dealkylation sites (tertiary alicyclic amines) is 1. The van der Waals surface area contributed by atoms with Crippen LogP contribution in [-0.2, 0) is 9.53 Å². The third-order valence-corrected chi connectivity index (χ3v) is 5.35. The molecule has 0 bridgehead atoms. The van der Waals surface area contributed by atoms with E-state index in [0.29, 0.717) is 26.2 Å². The van der Waals surface area contributed by atoms with Gasteiger partial charge in [-0.2, -0.15) is 0 Å². The summed E-state index contributed by atoms with van der Waals surface area (Å²) in [7, 11) is 0. The molecule has 4 rings (SSSR count). The lowest BCUT2D eigenvalue weighted by Gasteiger charge is -2.37. The van der Waals surface area contributed by atoms with Gasteiger partial charge in [-0.3, -0.25) is 9.36 Å². The van der Waals surface area contributed by atoms with Crippen LogP contribution in [0.3, 0.4) is 0 Å². The molecule has 1 aromatic heterocycles. The molecule has 2 N–H and O–H groups in total. The first kappa shape index (κ1) is 18.9. The number of hydrogen-bond acceptors (Lipinski definition) is 4.